The molecule has 0 bridgehead atoms. The second-order valence-corrected chi connectivity index (χ2v) is 7.60. The molecule has 0 N–H and O–H groups in total. The quantitative estimate of drug-likeness (QED) is 0.378. The van der Waals surface area contributed by atoms with Crippen molar-refractivity contribution in [2.45, 2.75) is 64.7 Å². The van der Waals surface area contributed by atoms with Crippen LogP contribution in [0, 0.1) is 0 Å². The standard InChI is InChI=1S/C25H34N2O/c1-2-3-4-5-6-7-8-12-21-28-24-17-15-22(16-18-24)25-19-20-27(26-25)23-13-10-9-11-14-23/h9-11,13-18H,2-8,12,19-21H2,1H3. The monoisotopic (exact) mass is 378 g/mol. The van der Waals surface area contributed by atoms with Gasteiger partial charge in [0, 0.05) is 13.0 Å². The van der Waals surface area contributed by atoms with E-state index >= 15 is 0 Å². The smallest absolute Gasteiger partial charge is 0.119 e. The van der Waals surface area contributed by atoms with E-state index in [4.69, 9.17) is 9.84 Å². The minimum Gasteiger partial charge on any atom is -0.494 e. The Balaban J connectivity index is 1.37. The molecule has 0 radical (unpaired) electrons. The average Bonchev–Trinajstić information content (AvgIpc) is 3.24. The predicted octanol–water partition coefficient (Wildman–Crippen LogP) is 6.82. The number of benzene rings is 2. The van der Waals surface area contributed by atoms with Gasteiger partial charge >= 0.3 is 0 Å². The summed E-state index contributed by atoms with van der Waals surface area (Å²) in [6.45, 7) is 4.03. The van der Waals surface area contributed by atoms with Crippen LogP contribution in [0.1, 0.15) is 70.3 Å². The number of hydrazone groups is 1. The van der Waals surface area contributed by atoms with Crippen molar-refractivity contribution in [1.29, 1.82) is 0 Å². The molecule has 1 aliphatic heterocycles. The van der Waals surface area contributed by atoms with Crippen molar-refractivity contribution >= 4 is 11.4 Å². The maximum atomic E-state index is 5.91. The molecule has 2 aromatic rings. The van der Waals surface area contributed by atoms with Crippen LogP contribution in [0.4, 0.5) is 5.69 Å². The summed E-state index contributed by atoms with van der Waals surface area (Å²) in [5.41, 5.74) is 3.50. The summed E-state index contributed by atoms with van der Waals surface area (Å²) in [5.74, 6) is 0.963. The largest absolute Gasteiger partial charge is 0.494 e. The second-order valence-electron chi connectivity index (χ2n) is 7.60. The Bertz CT molecular complexity index is 709. The van der Waals surface area contributed by atoms with Crippen molar-refractivity contribution in [3.63, 3.8) is 0 Å². The Labute approximate surface area is 170 Å². The van der Waals surface area contributed by atoms with E-state index < -0.39 is 0 Å². The second kappa shape index (κ2) is 11.5. The molecule has 2 aromatic carbocycles. The molecule has 28 heavy (non-hydrogen) atoms. The Morgan fingerprint density at radius 3 is 2.21 bits per heavy atom. The topological polar surface area (TPSA) is 24.8 Å². The van der Waals surface area contributed by atoms with Crippen LogP contribution in [0.2, 0.25) is 0 Å². The lowest BCUT2D eigenvalue weighted by Gasteiger charge is -2.12. The summed E-state index contributed by atoms with van der Waals surface area (Å²) in [5, 5.41) is 6.88. The van der Waals surface area contributed by atoms with Crippen molar-refractivity contribution in [2.75, 3.05) is 18.2 Å². The van der Waals surface area contributed by atoms with Crippen LogP contribution in [-0.4, -0.2) is 18.9 Å². The maximum Gasteiger partial charge on any atom is 0.119 e. The molecule has 0 fully saturated rings. The van der Waals surface area contributed by atoms with Gasteiger partial charge in [-0.05, 0) is 48.4 Å². The van der Waals surface area contributed by atoms with Crippen LogP contribution in [0.25, 0.3) is 0 Å². The van der Waals surface area contributed by atoms with Crippen LogP contribution in [-0.2, 0) is 0 Å². The molecule has 1 heterocycles. The first-order valence-electron chi connectivity index (χ1n) is 11.0. The molecule has 0 saturated heterocycles. The fourth-order valence-corrected chi connectivity index (χ4v) is 3.62. The third kappa shape index (κ3) is 6.40. The molecule has 0 aliphatic carbocycles. The first-order chi connectivity index (χ1) is 13.9. The lowest BCUT2D eigenvalue weighted by Crippen LogP contribution is -2.11. The number of hydrogen-bond donors (Lipinski definition) is 0. The molecule has 3 rings (SSSR count). The maximum absolute atomic E-state index is 5.91. The fourth-order valence-electron chi connectivity index (χ4n) is 3.62. The van der Waals surface area contributed by atoms with Gasteiger partial charge in [-0.2, -0.15) is 5.10 Å². The van der Waals surface area contributed by atoms with Gasteiger partial charge in [-0.1, -0.05) is 70.1 Å². The molecule has 0 unspecified atom stereocenters. The highest BCUT2D eigenvalue weighted by Gasteiger charge is 2.17. The van der Waals surface area contributed by atoms with E-state index in [0.717, 1.165) is 43.1 Å². The number of para-hydroxylation sites is 1. The molecule has 0 spiro atoms. The first-order valence-corrected chi connectivity index (χ1v) is 11.0. The van der Waals surface area contributed by atoms with Crippen LogP contribution in [0.5, 0.6) is 5.75 Å². The molecule has 3 heteroatoms. The van der Waals surface area contributed by atoms with E-state index in [2.05, 4.69) is 60.5 Å². The fraction of sp³-hybridized carbons (Fsp3) is 0.480. The van der Waals surface area contributed by atoms with Crippen LogP contribution >= 0.6 is 0 Å². The van der Waals surface area contributed by atoms with Crippen molar-refractivity contribution < 1.29 is 4.74 Å². The third-order valence-corrected chi connectivity index (χ3v) is 5.31. The van der Waals surface area contributed by atoms with E-state index in [1.54, 1.807) is 0 Å². The van der Waals surface area contributed by atoms with Gasteiger partial charge in [-0.3, -0.25) is 5.01 Å². The van der Waals surface area contributed by atoms with Gasteiger partial charge in [0.2, 0.25) is 0 Å². The number of anilines is 1. The van der Waals surface area contributed by atoms with Gasteiger partial charge in [0.25, 0.3) is 0 Å². The summed E-state index contributed by atoms with van der Waals surface area (Å²) in [6, 6.07) is 18.8. The summed E-state index contributed by atoms with van der Waals surface area (Å²) >= 11 is 0. The highest BCUT2D eigenvalue weighted by atomic mass is 16.5. The molecule has 150 valence electrons. The van der Waals surface area contributed by atoms with Crippen LogP contribution in [0.3, 0.4) is 0 Å². The highest BCUT2D eigenvalue weighted by Crippen LogP contribution is 2.22. The average molecular weight is 379 g/mol. The minimum absolute atomic E-state index is 0.817. The van der Waals surface area contributed by atoms with E-state index in [1.807, 2.05) is 6.07 Å². The summed E-state index contributed by atoms with van der Waals surface area (Å²) in [4.78, 5) is 0. The van der Waals surface area contributed by atoms with Crippen LogP contribution < -0.4 is 9.75 Å². The Kier molecular flexibility index (Phi) is 8.42. The lowest BCUT2D eigenvalue weighted by atomic mass is 10.1. The number of rotatable bonds is 12. The molecule has 0 atom stereocenters. The molecule has 3 nitrogen and oxygen atoms in total. The normalized spacial score (nSPS) is 13.6. The molecule has 0 aromatic heterocycles. The van der Waals surface area contributed by atoms with E-state index in [-0.39, 0.29) is 0 Å². The number of ether oxygens (including phenoxy) is 1. The SMILES string of the molecule is CCCCCCCCCCOc1ccc(C2=NN(c3ccccc3)CC2)cc1. The first kappa shape index (κ1) is 20.4. The molecule has 0 amide bonds. The zero-order valence-corrected chi connectivity index (χ0v) is 17.3. The Morgan fingerprint density at radius 2 is 1.50 bits per heavy atom. The highest BCUT2D eigenvalue weighted by molar-refractivity contribution is 6.02. The predicted molar refractivity (Wildman–Crippen MR) is 119 cm³/mol. The zero-order chi connectivity index (χ0) is 19.4. The zero-order valence-electron chi connectivity index (χ0n) is 17.3. The van der Waals surface area contributed by atoms with Crippen molar-refractivity contribution in [2.24, 2.45) is 5.10 Å². The lowest BCUT2D eigenvalue weighted by molar-refractivity contribution is 0.304. The van der Waals surface area contributed by atoms with Crippen LogP contribution in [0.15, 0.2) is 59.7 Å². The molecule has 1 aliphatic rings. The molecular formula is C25H34N2O. The van der Waals surface area contributed by atoms with Gasteiger partial charge in [-0.25, -0.2) is 0 Å². The van der Waals surface area contributed by atoms with Gasteiger partial charge in [0.1, 0.15) is 5.75 Å². The van der Waals surface area contributed by atoms with Crippen molar-refractivity contribution in [1.82, 2.24) is 0 Å². The minimum atomic E-state index is 0.817. The summed E-state index contributed by atoms with van der Waals surface area (Å²) < 4.78 is 5.91. The Hall–Kier alpha value is -2.29. The third-order valence-electron chi connectivity index (χ3n) is 5.31. The Morgan fingerprint density at radius 1 is 0.821 bits per heavy atom. The molecule has 0 saturated carbocycles. The van der Waals surface area contributed by atoms with E-state index in [0.29, 0.717) is 0 Å². The molecular weight excluding hydrogens is 344 g/mol. The van der Waals surface area contributed by atoms with Gasteiger partial charge < -0.3 is 4.74 Å². The van der Waals surface area contributed by atoms with Gasteiger partial charge in [0.15, 0.2) is 0 Å². The number of nitrogens with zero attached hydrogens (tertiary/aromatic N) is 2. The van der Waals surface area contributed by atoms with Crippen molar-refractivity contribution in [3.05, 3.63) is 60.2 Å². The summed E-state index contributed by atoms with van der Waals surface area (Å²) in [7, 11) is 0. The van der Waals surface area contributed by atoms with E-state index in [9.17, 15) is 0 Å². The number of unbranched alkanes of at least 4 members (excludes halogenated alkanes) is 7. The van der Waals surface area contributed by atoms with Gasteiger partial charge in [0.05, 0.1) is 18.0 Å². The van der Waals surface area contributed by atoms with Gasteiger partial charge in [-0.15, -0.1) is 0 Å². The van der Waals surface area contributed by atoms with Crippen molar-refractivity contribution in [3.8, 4) is 5.75 Å². The summed E-state index contributed by atoms with van der Waals surface area (Å²) in [6.07, 6.45) is 11.6. The number of hydrogen-bond acceptors (Lipinski definition) is 3. The van der Waals surface area contributed by atoms with E-state index in [1.165, 1.54) is 50.5 Å².